The number of amides is 2. The van der Waals surface area contributed by atoms with Crippen LogP contribution in [0.15, 0.2) is 27.4 Å². The van der Waals surface area contributed by atoms with Crippen LogP contribution < -0.4 is 15.8 Å². The van der Waals surface area contributed by atoms with E-state index in [1.807, 2.05) is 26.8 Å². The monoisotopic (exact) mass is 404 g/mol. The zero-order chi connectivity index (χ0) is 20.8. The third kappa shape index (κ3) is 3.63. The number of carboxylic acids is 1. The van der Waals surface area contributed by atoms with Crippen LogP contribution in [0, 0.1) is 0 Å². The van der Waals surface area contributed by atoms with Crippen molar-refractivity contribution in [3.63, 3.8) is 0 Å². The highest BCUT2D eigenvalue weighted by Gasteiger charge is 2.22. The van der Waals surface area contributed by atoms with Gasteiger partial charge in [0.05, 0.1) is 10.4 Å². The molecule has 9 nitrogen and oxygen atoms in total. The van der Waals surface area contributed by atoms with E-state index in [9.17, 15) is 14.4 Å². The van der Waals surface area contributed by atoms with E-state index in [0.29, 0.717) is 15.5 Å². The highest BCUT2D eigenvalue weighted by molar-refractivity contribution is 7.22. The van der Waals surface area contributed by atoms with E-state index in [2.05, 4.69) is 10.4 Å². The molecule has 0 aliphatic rings. The molecular weight excluding hydrogens is 384 g/mol. The van der Waals surface area contributed by atoms with Crippen molar-refractivity contribution in [2.45, 2.75) is 26.2 Å². The molecule has 148 valence electrons. The van der Waals surface area contributed by atoms with Gasteiger partial charge in [-0.2, -0.15) is 5.10 Å². The lowest BCUT2D eigenvalue weighted by molar-refractivity contribution is 0.0692. The fraction of sp³-hybridized carbons (Fsp3) is 0.333. The third-order valence-corrected chi connectivity index (χ3v) is 5.30. The summed E-state index contributed by atoms with van der Waals surface area (Å²) in [6, 6.07) is 4.18. The summed E-state index contributed by atoms with van der Waals surface area (Å²) in [6.07, 6.45) is 0. The predicted octanol–water partition coefficient (Wildman–Crippen LogP) is 3.25. The summed E-state index contributed by atoms with van der Waals surface area (Å²) < 4.78 is 7.10. The Morgan fingerprint density at radius 2 is 1.96 bits per heavy atom. The van der Waals surface area contributed by atoms with Crippen molar-refractivity contribution < 1.29 is 19.1 Å². The van der Waals surface area contributed by atoms with Crippen LogP contribution in [-0.2, 0) is 12.5 Å². The van der Waals surface area contributed by atoms with Crippen molar-refractivity contribution in [1.29, 1.82) is 0 Å². The Balaban J connectivity index is 1.86. The fourth-order valence-electron chi connectivity index (χ4n) is 2.46. The second-order valence-electron chi connectivity index (χ2n) is 7.34. The number of nitrogens with one attached hydrogen (secondary N) is 1. The molecule has 3 aromatic heterocycles. The number of fused-ring (bicyclic) bond motifs is 1. The summed E-state index contributed by atoms with van der Waals surface area (Å²) in [4.78, 5) is 36.8. The van der Waals surface area contributed by atoms with Gasteiger partial charge in [0.15, 0.2) is 5.58 Å². The molecule has 3 heterocycles. The van der Waals surface area contributed by atoms with Gasteiger partial charge in [0.2, 0.25) is 0 Å². The minimum absolute atomic E-state index is 0.155. The van der Waals surface area contributed by atoms with Crippen molar-refractivity contribution in [3.8, 4) is 0 Å². The molecule has 3 rings (SSSR count). The minimum atomic E-state index is -1.36. The molecule has 0 fully saturated rings. The van der Waals surface area contributed by atoms with Crippen LogP contribution in [0.5, 0.6) is 0 Å². The second-order valence-corrected chi connectivity index (χ2v) is 8.41. The number of urea groups is 1. The van der Waals surface area contributed by atoms with E-state index in [4.69, 9.17) is 9.52 Å². The summed E-state index contributed by atoms with van der Waals surface area (Å²) in [5.74, 6) is -0.815. The highest BCUT2D eigenvalue weighted by atomic mass is 32.1. The summed E-state index contributed by atoms with van der Waals surface area (Å²) in [6.45, 7) is 6.09. The number of aryl methyl sites for hydroxylation is 1. The fourth-order valence-corrected chi connectivity index (χ4v) is 3.45. The highest BCUT2D eigenvalue weighted by Crippen LogP contribution is 2.32. The summed E-state index contributed by atoms with van der Waals surface area (Å²) in [7, 11) is 3.31. The molecule has 0 unspecified atom stereocenters. The molecule has 0 aliphatic heterocycles. The number of anilines is 2. The minimum Gasteiger partial charge on any atom is -0.477 e. The Morgan fingerprint density at radius 1 is 1.29 bits per heavy atom. The zero-order valence-electron chi connectivity index (χ0n) is 16.1. The number of carbonyl (C=O) groups is 2. The van der Waals surface area contributed by atoms with E-state index >= 15 is 0 Å². The molecule has 0 bridgehead atoms. The topological polar surface area (TPSA) is 118 Å². The van der Waals surface area contributed by atoms with Gasteiger partial charge in [-0.25, -0.2) is 14.4 Å². The molecule has 0 aliphatic carbocycles. The number of nitrogens with zero attached hydrogens (tertiary/aromatic N) is 3. The number of aromatic carboxylic acids is 1. The maximum Gasteiger partial charge on any atom is 0.351 e. The third-order valence-electron chi connectivity index (χ3n) is 4.16. The lowest BCUT2D eigenvalue weighted by atomic mass is 9.92. The molecule has 2 N–H and O–H groups in total. The van der Waals surface area contributed by atoms with Gasteiger partial charge in [0.1, 0.15) is 16.4 Å². The Morgan fingerprint density at radius 3 is 2.54 bits per heavy atom. The van der Waals surface area contributed by atoms with E-state index < -0.39 is 23.2 Å². The lowest BCUT2D eigenvalue weighted by Crippen LogP contribution is -2.31. The number of hydrogen-bond donors (Lipinski definition) is 2. The van der Waals surface area contributed by atoms with Crippen LogP contribution >= 0.6 is 11.3 Å². The predicted molar refractivity (Wildman–Crippen MR) is 107 cm³/mol. The van der Waals surface area contributed by atoms with Crippen molar-refractivity contribution in [2.75, 3.05) is 17.3 Å². The van der Waals surface area contributed by atoms with Gasteiger partial charge in [-0.05, 0) is 6.07 Å². The lowest BCUT2D eigenvalue weighted by Gasteiger charge is -2.15. The zero-order valence-corrected chi connectivity index (χ0v) is 16.9. The van der Waals surface area contributed by atoms with Gasteiger partial charge in [0, 0.05) is 31.6 Å². The molecular formula is C18H20N4O5S. The van der Waals surface area contributed by atoms with E-state index in [1.165, 1.54) is 17.0 Å². The number of thiophene rings is 1. The molecule has 0 spiro atoms. The quantitative estimate of drug-likeness (QED) is 0.692. The van der Waals surface area contributed by atoms with E-state index in [1.54, 1.807) is 18.8 Å². The first-order valence-corrected chi connectivity index (χ1v) is 9.19. The van der Waals surface area contributed by atoms with Crippen LogP contribution in [0.1, 0.15) is 36.8 Å². The summed E-state index contributed by atoms with van der Waals surface area (Å²) in [5, 5.41) is 16.7. The standard InChI is InChI=1S/C18H20N4O5S/c1-18(2,3)12-8-13(22(5)20-12)19-17(26)21(4)14-7-10-11(28-14)6-9(15(23)24)16(25)27-10/h6-8H,1-5H3,(H,19,26)(H,23,24). The molecule has 0 atom stereocenters. The number of carbonyl (C=O) groups excluding carboxylic acids is 1. The second kappa shape index (κ2) is 6.79. The number of rotatable bonds is 3. The smallest absolute Gasteiger partial charge is 0.351 e. The number of carboxylic acid groups (broad SMARTS) is 1. The number of hydrogen-bond acceptors (Lipinski definition) is 6. The van der Waals surface area contributed by atoms with Gasteiger partial charge in [-0.3, -0.25) is 14.9 Å². The molecule has 0 radical (unpaired) electrons. The average Bonchev–Trinajstić information content (AvgIpc) is 3.16. The Hall–Kier alpha value is -3.14. The molecule has 2 amide bonds. The van der Waals surface area contributed by atoms with Crippen molar-refractivity contribution in [3.05, 3.63) is 39.9 Å². The van der Waals surface area contributed by atoms with Crippen LogP contribution in [0.25, 0.3) is 10.3 Å². The maximum absolute atomic E-state index is 12.6. The van der Waals surface area contributed by atoms with Crippen molar-refractivity contribution in [1.82, 2.24) is 9.78 Å². The van der Waals surface area contributed by atoms with Gasteiger partial charge in [-0.15, -0.1) is 11.3 Å². The number of aromatic nitrogens is 2. The first kappa shape index (κ1) is 19.6. The van der Waals surface area contributed by atoms with Crippen LogP contribution in [0.2, 0.25) is 0 Å². The molecule has 0 saturated carbocycles. The van der Waals surface area contributed by atoms with Gasteiger partial charge in [0.25, 0.3) is 0 Å². The molecule has 10 heteroatoms. The normalized spacial score (nSPS) is 11.6. The summed E-state index contributed by atoms with van der Waals surface area (Å²) >= 11 is 1.14. The Labute approximate surface area is 164 Å². The van der Waals surface area contributed by atoms with Crippen molar-refractivity contribution in [2.24, 2.45) is 7.05 Å². The SMILES string of the molecule is CN(C(=O)Nc1cc(C(C)(C)C)nn1C)c1cc2oc(=O)c(C(=O)O)cc2s1. The van der Waals surface area contributed by atoms with E-state index in [0.717, 1.165) is 17.0 Å². The van der Waals surface area contributed by atoms with Crippen LogP contribution in [0.3, 0.4) is 0 Å². The average molecular weight is 404 g/mol. The molecule has 0 saturated heterocycles. The molecule has 0 aromatic carbocycles. The van der Waals surface area contributed by atoms with E-state index in [-0.39, 0.29) is 11.0 Å². The van der Waals surface area contributed by atoms with Gasteiger partial charge in [-0.1, -0.05) is 20.8 Å². The summed E-state index contributed by atoms with van der Waals surface area (Å²) in [5.41, 5.74) is -0.459. The van der Waals surface area contributed by atoms with Gasteiger partial charge >= 0.3 is 17.6 Å². The van der Waals surface area contributed by atoms with Crippen LogP contribution in [-0.4, -0.2) is 33.9 Å². The van der Waals surface area contributed by atoms with Gasteiger partial charge < -0.3 is 9.52 Å². The Kier molecular flexibility index (Phi) is 4.76. The Bertz CT molecular complexity index is 1140. The maximum atomic E-state index is 12.6. The first-order valence-electron chi connectivity index (χ1n) is 8.37. The van der Waals surface area contributed by atoms with Crippen molar-refractivity contribution >= 4 is 44.4 Å². The van der Waals surface area contributed by atoms with Crippen LogP contribution in [0.4, 0.5) is 15.6 Å². The largest absolute Gasteiger partial charge is 0.477 e. The molecule has 28 heavy (non-hydrogen) atoms. The first-order chi connectivity index (χ1) is 13.0. The molecule has 3 aromatic rings.